The van der Waals surface area contributed by atoms with E-state index in [0.717, 1.165) is 30.4 Å². The van der Waals surface area contributed by atoms with Gasteiger partial charge in [-0.1, -0.05) is 6.07 Å². The van der Waals surface area contributed by atoms with E-state index in [2.05, 4.69) is 16.4 Å². The first-order valence-electron chi connectivity index (χ1n) is 10.3. The second kappa shape index (κ2) is 8.86. The molecule has 3 aromatic rings. The van der Waals surface area contributed by atoms with Crippen LogP contribution in [0.3, 0.4) is 0 Å². The molecule has 0 unspecified atom stereocenters. The minimum Gasteiger partial charge on any atom is -0.454 e. The van der Waals surface area contributed by atoms with Crippen molar-refractivity contribution in [1.82, 2.24) is 15.2 Å². The Morgan fingerprint density at radius 1 is 1.26 bits per heavy atom. The first-order chi connectivity index (χ1) is 15.2. The lowest BCUT2D eigenvalue weighted by Crippen LogP contribution is -2.42. The van der Waals surface area contributed by atoms with Crippen LogP contribution in [0.15, 0.2) is 40.5 Å². The molecular formula is C22H23N3O4S2. The molecule has 5 rings (SSSR count). The number of thiophene rings is 1. The lowest BCUT2D eigenvalue weighted by atomic mass is 10.1. The van der Waals surface area contributed by atoms with Crippen LogP contribution in [0, 0.1) is 0 Å². The maximum absolute atomic E-state index is 12.8. The van der Waals surface area contributed by atoms with Gasteiger partial charge in [-0.05, 0) is 48.6 Å². The second-order valence-corrected chi connectivity index (χ2v) is 9.09. The number of nitrogens with zero attached hydrogens (tertiary/aromatic N) is 1. The normalized spacial score (nSPS) is 17.2. The maximum atomic E-state index is 12.8. The van der Waals surface area contributed by atoms with E-state index in [0.29, 0.717) is 41.8 Å². The van der Waals surface area contributed by atoms with Gasteiger partial charge in [-0.3, -0.25) is 4.79 Å². The number of rotatable bonds is 6. The Morgan fingerprint density at radius 3 is 2.90 bits per heavy atom. The van der Waals surface area contributed by atoms with E-state index < -0.39 is 0 Å². The van der Waals surface area contributed by atoms with Gasteiger partial charge in [0.25, 0.3) is 5.56 Å². The van der Waals surface area contributed by atoms with Crippen LogP contribution < -0.4 is 20.3 Å². The summed E-state index contributed by atoms with van der Waals surface area (Å²) >= 11 is 7.37. The Bertz CT molecular complexity index is 1140. The van der Waals surface area contributed by atoms with Crippen molar-refractivity contribution in [3.8, 4) is 11.5 Å². The Morgan fingerprint density at radius 2 is 2.13 bits per heavy atom. The smallest absolute Gasteiger partial charge is 0.253 e. The van der Waals surface area contributed by atoms with Crippen LogP contribution in [0.4, 0.5) is 0 Å². The van der Waals surface area contributed by atoms with E-state index >= 15 is 0 Å². The molecular weight excluding hydrogens is 434 g/mol. The SMILES string of the molecule is O=c1[nH]c2cc3c(cc2cc1CN(Cc1cccs1)C(=S)NC[C@@H]1CCCO1)OCO3. The van der Waals surface area contributed by atoms with Gasteiger partial charge in [-0.15, -0.1) is 11.3 Å². The summed E-state index contributed by atoms with van der Waals surface area (Å²) in [5.41, 5.74) is 1.23. The summed E-state index contributed by atoms with van der Waals surface area (Å²) < 4.78 is 16.6. The number of aromatic amines is 1. The molecule has 162 valence electrons. The molecule has 7 nitrogen and oxygen atoms in total. The first-order valence-corrected chi connectivity index (χ1v) is 11.6. The average molecular weight is 458 g/mol. The zero-order valence-corrected chi connectivity index (χ0v) is 18.5. The summed E-state index contributed by atoms with van der Waals surface area (Å²) in [5, 5.41) is 6.90. The van der Waals surface area contributed by atoms with Gasteiger partial charge < -0.3 is 29.4 Å². The van der Waals surface area contributed by atoms with Crippen molar-refractivity contribution in [1.29, 1.82) is 0 Å². The highest BCUT2D eigenvalue weighted by atomic mass is 32.1. The molecule has 1 saturated heterocycles. The van der Waals surface area contributed by atoms with Crippen LogP contribution in [0.25, 0.3) is 10.9 Å². The van der Waals surface area contributed by atoms with Crippen molar-refractivity contribution >= 4 is 39.6 Å². The molecule has 0 bridgehead atoms. The van der Waals surface area contributed by atoms with Gasteiger partial charge >= 0.3 is 0 Å². The molecule has 1 atom stereocenters. The third-order valence-electron chi connectivity index (χ3n) is 5.49. The minimum absolute atomic E-state index is 0.135. The Labute approximate surface area is 188 Å². The fraction of sp³-hybridized carbons (Fsp3) is 0.364. The van der Waals surface area contributed by atoms with Crippen LogP contribution in [0.5, 0.6) is 11.5 Å². The average Bonchev–Trinajstić information content (AvgIpc) is 3.53. The summed E-state index contributed by atoms with van der Waals surface area (Å²) in [4.78, 5) is 19.0. The van der Waals surface area contributed by atoms with E-state index in [1.54, 1.807) is 17.4 Å². The van der Waals surface area contributed by atoms with Gasteiger partial charge in [-0.2, -0.15) is 0 Å². The molecule has 0 aliphatic carbocycles. The first kappa shape index (κ1) is 20.3. The summed E-state index contributed by atoms with van der Waals surface area (Å²) in [5.74, 6) is 1.34. The maximum Gasteiger partial charge on any atom is 0.253 e. The molecule has 1 fully saturated rings. The molecule has 4 heterocycles. The monoisotopic (exact) mass is 457 g/mol. The van der Waals surface area contributed by atoms with E-state index in [9.17, 15) is 4.79 Å². The Hall–Kier alpha value is -2.62. The molecule has 0 radical (unpaired) electrons. The highest BCUT2D eigenvalue weighted by Crippen LogP contribution is 2.35. The summed E-state index contributed by atoms with van der Waals surface area (Å²) in [6.45, 7) is 2.71. The van der Waals surface area contributed by atoms with E-state index in [4.69, 9.17) is 26.4 Å². The minimum atomic E-state index is -0.135. The number of H-pyrrole nitrogens is 1. The van der Waals surface area contributed by atoms with Gasteiger partial charge in [0.05, 0.1) is 24.7 Å². The number of hydrogen-bond donors (Lipinski definition) is 2. The number of thiocarbonyl (C=S) groups is 1. The largest absolute Gasteiger partial charge is 0.454 e. The number of pyridine rings is 1. The van der Waals surface area contributed by atoms with Crippen molar-refractivity contribution in [3.05, 3.63) is 56.5 Å². The molecule has 9 heteroatoms. The predicted octanol–water partition coefficient (Wildman–Crippen LogP) is 3.37. The summed E-state index contributed by atoms with van der Waals surface area (Å²) in [6.07, 6.45) is 2.32. The molecule has 0 saturated carbocycles. The van der Waals surface area contributed by atoms with Crippen molar-refractivity contribution in [2.24, 2.45) is 0 Å². The summed E-state index contributed by atoms with van der Waals surface area (Å²) in [6, 6.07) is 9.70. The third kappa shape index (κ3) is 4.53. The van der Waals surface area contributed by atoms with Crippen molar-refractivity contribution in [2.75, 3.05) is 19.9 Å². The number of benzene rings is 1. The van der Waals surface area contributed by atoms with Crippen molar-refractivity contribution in [3.63, 3.8) is 0 Å². The fourth-order valence-corrected chi connectivity index (χ4v) is 4.80. The summed E-state index contributed by atoms with van der Waals surface area (Å²) in [7, 11) is 0. The molecule has 2 aliphatic rings. The van der Waals surface area contributed by atoms with Crippen LogP contribution in [0.1, 0.15) is 23.3 Å². The lowest BCUT2D eigenvalue weighted by molar-refractivity contribution is 0.113. The molecule has 1 aromatic carbocycles. The highest BCUT2D eigenvalue weighted by molar-refractivity contribution is 7.80. The van der Waals surface area contributed by atoms with Gasteiger partial charge in [0.1, 0.15) is 0 Å². The van der Waals surface area contributed by atoms with Gasteiger partial charge in [0.15, 0.2) is 16.6 Å². The molecule has 0 amide bonds. The topological polar surface area (TPSA) is 75.8 Å². The van der Waals surface area contributed by atoms with Gasteiger partial charge in [-0.25, -0.2) is 0 Å². The molecule has 31 heavy (non-hydrogen) atoms. The molecule has 2 aromatic heterocycles. The Balaban J connectivity index is 1.38. The van der Waals surface area contributed by atoms with Crippen LogP contribution in [0.2, 0.25) is 0 Å². The fourth-order valence-electron chi connectivity index (χ4n) is 3.87. The number of aromatic nitrogens is 1. The van der Waals surface area contributed by atoms with Crippen LogP contribution in [-0.4, -0.2) is 41.0 Å². The van der Waals surface area contributed by atoms with Crippen molar-refractivity contribution in [2.45, 2.75) is 32.0 Å². The lowest BCUT2D eigenvalue weighted by Gasteiger charge is -2.26. The number of hydrogen-bond acceptors (Lipinski definition) is 6. The second-order valence-electron chi connectivity index (χ2n) is 7.67. The quantitative estimate of drug-likeness (QED) is 0.550. The van der Waals surface area contributed by atoms with E-state index in [1.165, 1.54) is 4.88 Å². The highest BCUT2D eigenvalue weighted by Gasteiger charge is 2.20. The van der Waals surface area contributed by atoms with Gasteiger partial charge in [0, 0.05) is 35.0 Å². The zero-order valence-electron chi connectivity index (χ0n) is 16.9. The number of nitrogens with one attached hydrogen (secondary N) is 2. The predicted molar refractivity (Wildman–Crippen MR) is 124 cm³/mol. The third-order valence-corrected chi connectivity index (χ3v) is 6.76. The number of fused-ring (bicyclic) bond motifs is 2. The van der Waals surface area contributed by atoms with Crippen molar-refractivity contribution < 1.29 is 14.2 Å². The van der Waals surface area contributed by atoms with Crippen LogP contribution >= 0.6 is 23.6 Å². The molecule has 2 N–H and O–H groups in total. The van der Waals surface area contributed by atoms with Crippen LogP contribution in [-0.2, 0) is 17.8 Å². The molecule has 0 spiro atoms. The van der Waals surface area contributed by atoms with Gasteiger partial charge in [0.2, 0.25) is 6.79 Å². The zero-order chi connectivity index (χ0) is 21.2. The standard InChI is InChI=1S/C22H23N3O4S2/c26-21-15(7-14-8-19-20(29-13-28-19)9-18(14)24-21)11-25(12-17-4-2-6-31-17)22(30)23-10-16-3-1-5-27-16/h2,4,6-9,16H,1,3,5,10-13H2,(H,23,30)(H,24,26)/t16-/m0/s1. The van der Waals surface area contributed by atoms with E-state index in [-0.39, 0.29) is 18.5 Å². The molecule has 2 aliphatic heterocycles. The Kier molecular flexibility index (Phi) is 5.80. The van der Waals surface area contributed by atoms with E-state index in [1.807, 2.05) is 28.5 Å². The number of ether oxygens (including phenoxy) is 3.